The summed E-state index contributed by atoms with van der Waals surface area (Å²) in [6.45, 7) is 4.83. The van der Waals surface area contributed by atoms with Crippen LogP contribution in [0, 0.1) is 12.7 Å². The van der Waals surface area contributed by atoms with Crippen LogP contribution in [0.2, 0.25) is 0 Å². The lowest BCUT2D eigenvalue weighted by Crippen LogP contribution is -2.17. The van der Waals surface area contributed by atoms with E-state index in [9.17, 15) is 4.39 Å². The molecular weight excluding hydrogens is 315 g/mol. The molecule has 1 aromatic heterocycles. The van der Waals surface area contributed by atoms with Gasteiger partial charge in [0.15, 0.2) is 0 Å². The fraction of sp³-hybridized carbons (Fsp3) is 0.308. The van der Waals surface area contributed by atoms with Gasteiger partial charge in [-0.3, -0.25) is 0 Å². The van der Waals surface area contributed by atoms with Crippen molar-refractivity contribution < 1.29 is 4.39 Å². The molecule has 0 aliphatic rings. The Kier molecular flexibility index (Phi) is 4.48. The number of benzene rings is 1. The molecule has 0 radical (unpaired) electrons. The fourth-order valence-electron chi connectivity index (χ4n) is 1.70. The van der Waals surface area contributed by atoms with E-state index in [4.69, 9.17) is 0 Å². The Bertz CT molecular complexity index is 542. The third-order valence-electron chi connectivity index (χ3n) is 2.68. The summed E-state index contributed by atoms with van der Waals surface area (Å²) in [6.07, 6.45) is 1.89. The summed E-state index contributed by atoms with van der Waals surface area (Å²) in [5.74, 6) is -0.226. The number of halogens is 2. The standard InChI is InChI=1S/C13H14BrFN2S/c1-8(12-4-3-10(15)5-13(12)14)16-6-11-7-17-9(2)18-11/h3-5,7-8,16H,6H2,1-2H3. The highest BCUT2D eigenvalue weighted by atomic mass is 79.9. The molecule has 0 amide bonds. The van der Waals surface area contributed by atoms with Gasteiger partial charge in [0.25, 0.3) is 0 Å². The quantitative estimate of drug-likeness (QED) is 0.909. The molecule has 0 fully saturated rings. The van der Waals surface area contributed by atoms with Gasteiger partial charge in [-0.25, -0.2) is 9.37 Å². The second kappa shape index (κ2) is 5.91. The van der Waals surface area contributed by atoms with Crippen LogP contribution in [0.4, 0.5) is 4.39 Å². The van der Waals surface area contributed by atoms with Gasteiger partial charge in [0, 0.05) is 28.1 Å². The van der Waals surface area contributed by atoms with E-state index >= 15 is 0 Å². The molecule has 0 spiro atoms. The topological polar surface area (TPSA) is 24.9 Å². The summed E-state index contributed by atoms with van der Waals surface area (Å²) in [5, 5.41) is 4.48. The first kappa shape index (κ1) is 13.6. The number of nitrogens with zero attached hydrogens (tertiary/aromatic N) is 1. The maximum atomic E-state index is 13.0. The Balaban J connectivity index is 2.01. The lowest BCUT2D eigenvalue weighted by molar-refractivity contribution is 0.572. The predicted molar refractivity (Wildman–Crippen MR) is 76.2 cm³/mol. The zero-order valence-electron chi connectivity index (χ0n) is 10.2. The summed E-state index contributed by atoms with van der Waals surface area (Å²) in [5.41, 5.74) is 1.05. The van der Waals surface area contributed by atoms with E-state index in [1.807, 2.05) is 13.1 Å². The summed E-state index contributed by atoms with van der Waals surface area (Å²) in [6, 6.07) is 4.93. The molecule has 1 atom stereocenters. The molecule has 1 heterocycles. The van der Waals surface area contributed by atoms with Crippen molar-refractivity contribution in [3.05, 3.63) is 50.1 Å². The predicted octanol–water partition coefficient (Wildman–Crippen LogP) is 4.20. The molecule has 2 aromatic rings. The third kappa shape index (κ3) is 3.37. The van der Waals surface area contributed by atoms with Crippen LogP contribution >= 0.6 is 27.3 Å². The van der Waals surface area contributed by atoms with E-state index in [0.29, 0.717) is 0 Å². The first-order valence-electron chi connectivity index (χ1n) is 5.66. The minimum Gasteiger partial charge on any atom is -0.305 e. The minimum absolute atomic E-state index is 0.155. The molecule has 2 rings (SSSR count). The third-order valence-corrected chi connectivity index (χ3v) is 4.28. The van der Waals surface area contributed by atoms with Gasteiger partial charge in [-0.2, -0.15) is 0 Å². The Hall–Kier alpha value is -0.780. The molecule has 1 unspecified atom stereocenters. The Labute approximate surface area is 118 Å². The van der Waals surface area contributed by atoms with E-state index < -0.39 is 0 Å². The largest absolute Gasteiger partial charge is 0.305 e. The van der Waals surface area contributed by atoms with E-state index in [-0.39, 0.29) is 11.9 Å². The Morgan fingerprint density at radius 2 is 2.28 bits per heavy atom. The highest BCUT2D eigenvalue weighted by molar-refractivity contribution is 9.10. The van der Waals surface area contributed by atoms with Crippen molar-refractivity contribution in [2.75, 3.05) is 0 Å². The van der Waals surface area contributed by atoms with E-state index in [2.05, 4.69) is 33.2 Å². The number of thiazole rings is 1. The molecular formula is C13H14BrFN2S. The van der Waals surface area contributed by atoms with Gasteiger partial charge in [0.05, 0.1) is 5.01 Å². The molecule has 2 nitrogen and oxygen atoms in total. The molecule has 18 heavy (non-hydrogen) atoms. The van der Waals surface area contributed by atoms with Crippen molar-refractivity contribution in [2.24, 2.45) is 0 Å². The van der Waals surface area contributed by atoms with Crippen LogP contribution < -0.4 is 5.32 Å². The van der Waals surface area contributed by atoms with Crippen LogP contribution in [0.1, 0.15) is 28.4 Å². The summed E-state index contributed by atoms with van der Waals surface area (Å²) < 4.78 is 13.8. The van der Waals surface area contributed by atoms with Crippen LogP contribution in [0.5, 0.6) is 0 Å². The van der Waals surface area contributed by atoms with E-state index in [1.54, 1.807) is 17.4 Å². The molecule has 0 saturated carbocycles. The minimum atomic E-state index is -0.226. The van der Waals surface area contributed by atoms with Crippen LogP contribution in [-0.2, 0) is 6.54 Å². The van der Waals surface area contributed by atoms with Gasteiger partial charge in [-0.15, -0.1) is 11.3 Å². The second-order valence-corrected chi connectivity index (χ2v) is 6.29. The van der Waals surface area contributed by atoms with Crippen molar-refractivity contribution >= 4 is 27.3 Å². The number of hydrogen-bond donors (Lipinski definition) is 1. The lowest BCUT2D eigenvalue weighted by atomic mass is 10.1. The maximum absolute atomic E-state index is 13.0. The molecule has 0 bridgehead atoms. The van der Waals surface area contributed by atoms with Crippen LogP contribution in [0.25, 0.3) is 0 Å². The van der Waals surface area contributed by atoms with Gasteiger partial charge in [-0.1, -0.05) is 22.0 Å². The monoisotopic (exact) mass is 328 g/mol. The number of aromatic nitrogens is 1. The smallest absolute Gasteiger partial charge is 0.124 e. The molecule has 96 valence electrons. The van der Waals surface area contributed by atoms with Crippen molar-refractivity contribution in [3.8, 4) is 0 Å². The molecule has 0 aliphatic carbocycles. The molecule has 1 N–H and O–H groups in total. The Morgan fingerprint density at radius 3 is 2.89 bits per heavy atom. The van der Waals surface area contributed by atoms with Crippen molar-refractivity contribution in [1.29, 1.82) is 0 Å². The van der Waals surface area contributed by atoms with E-state index in [0.717, 1.165) is 21.6 Å². The molecule has 1 aromatic carbocycles. The van der Waals surface area contributed by atoms with Crippen LogP contribution in [0.15, 0.2) is 28.9 Å². The van der Waals surface area contributed by atoms with Gasteiger partial charge in [-0.05, 0) is 31.5 Å². The highest BCUT2D eigenvalue weighted by Gasteiger charge is 2.10. The zero-order chi connectivity index (χ0) is 13.1. The SMILES string of the molecule is Cc1ncc(CNC(C)c2ccc(F)cc2Br)s1. The van der Waals surface area contributed by atoms with Crippen LogP contribution in [0.3, 0.4) is 0 Å². The average molecular weight is 329 g/mol. The summed E-state index contributed by atoms with van der Waals surface area (Å²) in [7, 11) is 0. The summed E-state index contributed by atoms with van der Waals surface area (Å²) in [4.78, 5) is 5.42. The van der Waals surface area contributed by atoms with Gasteiger partial charge in [0.2, 0.25) is 0 Å². The Morgan fingerprint density at radius 1 is 1.50 bits per heavy atom. The first-order chi connectivity index (χ1) is 8.56. The number of rotatable bonds is 4. The maximum Gasteiger partial charge on any atom is 0.124 e. The number of hydrogen-bond acceptors (Lipinski definition) is 3. The highest BCUT2D eigenvalue weighted by Crippen LogP contribution is 2.24. The van der Waals surface area contributed by atoms with Crippen molar-refractivity contribution in [1.82, 2.24) is 10.3 Å². The molecule has 5 heteroatoms. The molecule has 0 saturated heterocycles. The van der Waals surface area contributed by atoms with E-state index in [1.165, 1.54) is 17.0 Å². The average Bonchev–Trinajstić information content (AvgIpc) is 2.72. The zero-order valence-corrected chi connectivity index (χ0v) is 12.6. The number of aryl methyl sites for hydroxylation is 1. The van der Waals surface area contributed by atoms with Crippen LogP contribution in [-0.4, -0.2) is 4.98 Å². The normalized spacial score (nSPS) is 12.7. The van der Waals surface area contributed by atoms with Gasteiger partial charge < -0.3 is 5.32 Å². The number of nitrogens with one attached hydrogen (secondary N) is 1. The molecule has 0 aliphatic heterocycles. The fourth-order valence-corrected chi connectivity index (χ4v) is 3.14. The van der Waals surface area contributed by atoms with Gasteiger partial charge >= 0.3 is 0 Å². The first-order valence-corrected chi connectivity index (χ1v) is 7.27. The summed E-state index contributed by atoms with van der Waals surface area (Å²) >= 11 is 5.07. The lowest BCUT2D eigenvalue weighted by Gasteiger charge is -2.15. The van der Waals surface area contributed by atoms with Gasteiger partial charge in [0.1, 0.15) is 5.82 Å². The van der Waals surface area contributed by atoms with Crippen molar-refractivity contribution in [3.63, 3.8) is 0 Å². The van der Waals surface area contributed by atoms with Crippen molar-refractivity contribution in [2.45, 2.75) is 26.4 Å². The second-order valence-electron chi connectivity index (χ2n) is 4.11.